The smallest absolute Gasteiger partial charge is 0.0366 e. The van der Waals surface area contributed by atoms with E-state index in [0.717, 1.165) is 8.58 Å². The maximum Gasteiger partial charge on any atom is 0.0366 e. The van der Waals surface area contributed by atoms with Gasteiger partial charge in [0.25, 0.3) is 0 Å². The molecule has 0 aliphatic carbocycles. The SMILES string of the molecule is CPc1ccc(N2CCCC2)cc1. The highest BCUT2D eigenvalue weighted by molar-refractivity contribution is 7.46. The van der Waals surface area contributed by atoms with Crippen LogP contribution in [-0.2, 0) is 0 Å². The summed E-state index contributed by atoms with van der Waals surface area (Å²) in [5.41, 5.74) is 1.40. The molecule has 2 heteroatoms. The largest absolute Gasteiger partial charge is 0.372 e. The molecule has 0 N–H and O–H groups in total. The second kappa shape index (κ2) is 4.11. The minimum absolute atomic E-state index is 0.918. The first kappa shape index (κ1) is 9.02. The summed E-state index contributed by atoms with van der Waals surface area (Å²) in [6.45, 7) is 4.71. The molecule has 1 fully saturated rings. The highest BCUT2D eigenvalue weighted by Crippen LogP contribution is 2.19. The molecule has 1 aromatic rings. The Morgan fingerprint density at radius 3 is 2.23 bits per heavy atom. The molecule has 0 saturated carbocycles. The highest BCUT2D eigenvalue weighted by Gasteiger charge is 2.11. The standard InChI is InChI=1S/C11H16NP/c1-13-11-6-4-10(5-7-11)12-8-2-3-9-12/h4-7,13H,2-3,8-9H2,1H3. The van der Waals surface area contributed by atoms with Gasteiger partial charge >= 0.3 is 0 Å². The zero-order chi connectivity index (χ0) is 9.10. The van der Waals surface area contributed by atoms with Crippen LogP contribution in [0.15, 0.2) is 24.3 Å². The first-order chi connectivity index (χ1) is 6.40. The van der Waals surface area contributed by atoms with Crippen molar-refractivity contribution in [1.29, 1.82) is 0 Å². The van der Waals surface area contributed by atoms with Crippen molar-refractivity contribution in [2.75, 3.05) is 24.7 Å². The lowest BCUT2D eigenvalue weighted by Gasteiger charge is -2.17. The molecule has 13 heavy (non-hydrogen) atoms. The average molecular weight is 193 g/mol. The van der Waals surface area contributed by atoms with Crippen LogP contribution in [0, 0.1) is 0 Å². The molecule has 0 spiro atoms. The van der Waals surface area contributed by atoms with Crippen molar-refractivity contribution in [2.24, 2.45) is 0 Å². The minimum atomic E-state index is 0.918. The van der Waals surface area contributed by atoms with Crippen molar-refractivity contribution >= 4 is 19.6 Å². The molecule has 1 aromatic carbocycles. The summed E-state index contributed by atoms with van der Waals surface area (Å²) in [6.07, 6.45) is 2.72. The third kappa shape index (κ3) is 2.03. The van der Waals surface area contributed by atoms with Crippen LogP contribution >= 0.6 is 8.58 Å². The Morgan fingerprint density at radius 1 is 1.08 bits per heavy atom. The first-order valence-corrected chi connectivity index (χ1v) is 6.43. The van der Waals surface area contributed by atoms with Gasteiger partial charge in [-0.15, -0.1) is 0 Å². The molecule has 2 rings (SSSR count). The zero-order valence-electron chi connectivity index (χ0n) is 8.09. The Balaban J connectivity index is 2.12. The second-order valence-electron chi connectivity index (χ2n) is 3.49. The van der Waals surface area contributed by atoms with Crippen LogP contribution in [0.4, 0.5) is 5.69 Å². The van der Waals surface area contributed by atoms with Gasteiger partial charge in [0.15, 0.2) is 0 Å². The van der Waals surface area contributed by atoms with E-state index in [2.05, 4.69) is 35.8 Å². The fourth-order valence-corrected chi connectivity index (χ4v) is 2.31. The average Bonchev–Trinajstić information content (AvgIpc) is 2.71. The van der Waals surface area contributed by atoms with Crippen LogP contribution in [0.3, 0.4) is 0 Å². The lowest BCUT2D eigenvalue weighted by atomic mass is 10.3. The molecular formula is C11H16NP. The Morgan fingerprint density at radius 2 is 1.69 bits per heavy atom. The van der Waals surface area contributed by atoms with Gasteiger partial charge in [0.05, 0.1) is 0 Å². The van der Waals surface area contributed by atoms with Gasteiger partial charge in [0.1, 0.15) is 0 Å². The van der Waals surface area contributed by atoms with Gasteiger partial charge in [-0.3, -0.25) is 0 Å². The van der Waals surface area contributed by atoms with Gasteiger partial charge in [-0.05, 0) is 36.9 Å². The summed E-state index contributed by atoms with van der Waals surface area (Å²) in [5.74, 6) is 0. The number of benzene rings is 1. The van der Waals surface area contributed by atoms with E-state index in [0.29, 0.717) is 0 Å². The summed E-state index contributed by atoms with van der Waals surface area (Å²) in [6, 6.07) is 9.03. The zero-order valence-corrected chi connectivity index (χ0v) is 9.09. The van der Waals surface area contributed by atoms with Crippen molar-refractivity contribution in [2.45, 2.75) is 12.8 Å². The lowest BCUT2D eigenvalue weighted by molar-refractivity contribution is 0.949. The van der Waals surface area contributed by atoms with Crippen LogP contribution in [0.5, 0.6) is 0 Å². The van der Waals surface area contributed by atoms with Crippen LogP contribution in [0.2, 0.25) is 0 Å². The van der Waals surface area contributed by atoms with Crippen molar-refractivity contribution < 1.29 is 0 Å². The van der Waals surface area contributed by atoms with Crippen LogP contribution < -0.4 is 10.2 Å². The molecule has 1 nitrogen and oxygen atoms in total. The Labute approximate surface area is 81.9 Å². The summed E-state index contributed by atoms with van der Waals surface area (Å²) < 4.78 is 0. The monoisotopic (exact) mass is 193 g/mol. The molecule has 0 bridgehead atoms. The van der Waals surface area contributed by atoms with Gasteiger partial charge in [0, 0.05) is 18.8 Å². The van der Waals surface area contributed by atoms with Crippen molar-refractivity contribution in [1.82, 2.24) is 0 Å². The van der Waals surface area contributed by atoms with E-state index < -0.39 is 0 Å². The topological polar surface area (TPSA) is 3.24 Å². The maximum atomic E-state index is 2.47. The third-order valence-corrected chi connectivity index (χ3v) is 3.54. The van der Waals surface area contributed by atoms with Gasteiger partial charge in [-0.1, -0.05) is 20.7 Å². The van der Waals surface area contributed by atoms with Gasteiger partial charge in [-0.25, -0.2) is 0 Å². The summed E-state index contributed by atoms with van der Waals surface area (Å²) >= 11 is 0. The summed E-state index contributed by atoms with van der Waals surface area (Å²) in [5, 5.41) is 1.46. The van der Waals surface area contributed by atoms with Crippen molar-refractivity contribution in [3.05, 3.63) is 24.3 Å². The Kier molecular flexibility index (Phi) is 2.85. The number of hydrogen-bond acceptors (Lipinski definition) is 1. The predicted octanol–water partition coefficient (Wildman–Crippen LogP) is 2.22. The number of rotatable bonds is 2. The quantitative estimate of drug-likeness (QED) is 0.651. The maximum absolute atomic E-state index is 2.47. The fraction of sp³-hybridized carbons (Fsp3) is 0.455. The molecule has 1 heterocycles. The van der Waals surface area contributed by atoms with Crippen LogP contribution in [0.1, 0.15) is 12.8 Å². The molecule has 0 radical (unpaired) electrons. The molecule has 0 aromatic heterocycles. The Bertz CT molecular complexity index is 262. The molecule has 1 saturated heterocycles. The molecule has 1 atom stereocenters. The number of hydrogen-bond donors (Lipinski definition) is 0. The molecule has 1 unspecified atom stereocenters. The molecule has 0 amide bonds. The molecule has 1 aliphatic heterocycles. The van der Waals surface area contributed by atoms with Crippen LogP contribution in [-0.4, -0.2) is 19.8 Å². The van der Waals surface area contributed by atoms with E-state index in [1.807, 2.05) is 0 Å². The van der Waals surface area contributed by atoms with Gasteiger partial charge in [-0.2, -0.15) is 0 Å². The van der Waals surface area contributed by atoms with Crippen molar-refractivity contribution in [3.63, 3.8) is 0 Å². The van der Waals surface area contributed by atoms with E-state index >= 15 is 0 Å². The second-order valence-corrected chi connectivity index (χ2v) is 4.57. The molecule has 1 aliphatic rings. The van der Waals surface area contributed by atoms with Gasteiger partial charge in [0.2, 0.25) is 0 Å². The van der Waals surface area contributed by atoms with Crippen molar-refractivity contribution in [3.8, 4) is 0 Å². The summed E-state index contributed by atoms with van der Waals surface area (Å²) in [7, 11) is 0.918. The minimum Gasteiger partial charge on any atom is -0.372 e. The van der Waals surface area contributed by atoms with E-state index in [-0.39, 0.29) is 0 Å². The van der Waals surface area contributed by atoms with E-state index in [1.165, 1.54) is 36.9 Å². The molecule has 70 valence electrons. The molecular weight excluding hydrogens is 177 g/mol. The summed E-state index contributed by atoms with van der Waals surface area (Å²) in [4.78, 5) is 2.47. The third-order valence-electron chi connectivity index (χ3n) is 2.63. The number of anilines is 1. The Hall–Kier alpha value is -0.550. The predicted molar refractivity (Wildman–Crippen MR) is 61.8 cm³/mol. The van der Waals surface area contributed by atoms with E-state index in [1.54, 1.807) is 0 Å². The first-order valence-electron chi connectivity index (χ1n) is 4.93. The lowest BCUT2D eigenvalue weighted by Crippen LogP contribution is -2.17. The highest BCUT2D eigenvalue weighted by atomic mass is 31.1. The number of nitrogens with zero attached hydrogens (tertiary/aromatic N) is 1. The van der Waals surface area contributed by atoms with E-state index in [9.17, 15) is 0 Å². The van der Waals surface area contributed by atoms with Crippen LogP contribution in [0.25, 0.3) is 0 Å². The van der Waals surface area contributed by atoms with E-state index in [4.69, 9.17) is 0 Å². The fourth-order valence-electron chi connectivity index (χ4n) is 1.81. The van der Waals surface area contributed by atoms with Gasteiger partial charge < -0.3 is 4.90 Å². The normalized spacial score (nSPS) is 17.5.